The largest absolute Gasteiger partial charge is 0.465 e. The summed E-state index contributed by atoms with van der Waals surface area (Å²) in [6.45, 7) is 2.94. The fourth-order valence-electron chi connectivity index (χ4n) is 5.04. The minimum Gasteiger partial charge on any atom is -0.465 e. The second-order valence-corrected chi connectivity index (χ2v) is 8.92. The van der Waals surface area contributed by atoms with E-state index in [-0.39, 0.29) is 5.97 Å². The van der Waals surface area contributed by atoms with Gasteiger partial charge >= 0.3 is 5.97 Å². The zero-order valence-electron chi connectivity index (χ0n) is 21.4. The maximum atomic E-state index is 11.0. The van der Waals surface area contributed by atoms with E-state index in [1.165, 1.54) is 29.0 Å². The molecule has 1 heterocycles. The van der Waals surface area contributed by atoms with Crippen LogP contribution in [0.25, 0.3) is 0 Å². The SMILES string of the molecule is CC[n+]1ccc(C(=O)OC)cc1.c1ccc([B-](c2ccccc2)(c2ccccc2)c2ccccc2)cc1. The monoisotopic (exact) mass is 485 g/mol. The molecular weight excluding hydrogens is 453 g/mol. The number of hydrogen-bond donors (Lipinski definition) is 0. The van der Waals surface area contributed by atoms with Gasteiger partial charge in [0.15, 0.2) is 12.4 Å². The Morgan fingerprint density at radius 3 is 1.19 bits per heavy atom. The van der Waals surface area contributed by atoms with Gasteiger partial charge in [0.1, 0.15) is 12.7 Å². The lowest BCUT2D eigenvalue weighted by Crippen LogP contribution is -2.74. The van der Waals surface area contributed by atoms with Crippen molar-refractivity contribution in [1.29, 1.82) is 0 Å². The second kappa shape index (κ2) is 12.5. The number of hydrogen-bond acceptors (Lipinski definition) is 2. The van der Waals surface area contributed by atoms with Gasteiger partial charge in [-0.2, -0.15) is 21.9 Å². The number of aromatic nitrogens is 1. The van der Waals surface area contributed by atoms with Crippen LogP contribution in [0.15, 0.2) is 146 Å². The van der Waals surface area contributed by atoms with Crippen LogP contribution in [0.2, 0.25) is 0 Å². The zero-order valence-corrected chi connectivity index (χ0v) is 21.4. The molecule has 0 saturated heterocycles. The van der Waals surface area contributed by atoms with E-state index in [1.54, 1.807) is 12.1 Å². The second-order valence-electron chi connectivity index (χ2n) is 8.92. The van der Waals surface area contributed by atoms with Gasteiger partial charge in [-0.1, -0.05) is 121 Å². The molecule has 0 aliphatic rings. The van der Waals surface area contributed by atoms with Crippen molar-refractivity contribution in [2.24, 2.45) is 0 Å². The van der Waals surface area contributed by atoms with Gasteiger partial charge in [0.25, 0.3) is 0 Å². The Kier molecular flexibility index (Phi) is 8.67. The van der Waals surface area contributed by atoms with E-state index >= 15 is 0 Å². The molecule has 0 aliphatic heterocycles. The predicted molar refractivity (Wildman–Crippen MR) is 154 cm³/mol. The van der Waals surface area contributed by atoms with Crippen molar-refractivity contribution in [3.8, 4) is 0 Å². The average molecular weight is 485 g/mol. The molecule has 0 amide bonds. The summed E-state index contributed by atoms with van der Waals surface area (Å²) >= 11 is 0. The van der Waals surface area contributed by atoms with Gasteiger partial charge in [0, 0.05) is 12.1 Å². The smallest absolute Gasteiger partial charge is 0.338 e. The molecule has 0 aliphatic carbocycles. The van der Waals surface area contributed by atoms with Crippen molar-refractivity contribution >= 4 is 34.0 Å². The number of rotatable bonds is 6. The molecule has 0 N–H and O–H groups in total. The van der Waals surface area contributed by atoms with Gasteiger partial charge in [-0.25, -0.2) is 9.36 Å². The number of esters is 1. The molecule has 3 nitrogen and oxygen atoms in total. The summed E-state index contributed by atoms with van der Waals surface area (Å²) < 4.78 is 6.54. The molecule has 5 aromatic rings. The molecule has 4 aromatic carbocycles. The van der Waals surface area contributed by atoms with Crippen molar-refractivity contribution in [2.75, 3.05) is 7.11 Å². The molecule has 0 unspecified atom stereocenters. The number of methoxy groups -OCH3 is 1. The van der Waals surface area contributed by atoms with E-state index in [1.807, 2.05) is 23.9 Å². The number of aryl methyl sites for hydroxylation is 1. The maximum Gasteiger partial charge on any atom is 0.338 e. The number of nitrogens with zero attached hydrogens (tertiary/aromatic N) is 1. The number of ether oxygens (including phenoxy) is 1. The molecule has 1 aromatic heterocycles. The van der Waals surface area contributed by atoms with Gasteiger partial charge in [-0.3, -0.25) is 0 Å². The van der Waals surface area contributed by atoms with Crippen LogP contribution in [0.4, 0.5) is 0 Å². The van der Waals surface area contributed by atoms with Crippen LogP contribution >= 0.6 is 0 Å². The Bertz CT molecular complexity index is 1210. The molecule has 184 valence electrons. The number of pyridine rings is 1. The van der Waals surface area contributed by atoms with Gasteiger partial charge < -0.3 is 4.74 Å². The molecule has 0 spiro atoms. The summed E-state index contributed by atoms with van der Waals surface area (Å²) in [4.78, 5) is 11.0. The summed E-state index contributed by atoms with van der Waals surface area (Å²) in [6.07, 6.45) is 2.49. The van der Waals surface area contributed by atoms with E-state index in [0.717, 1.165) is 6.54 Å². The van der Waals surface area contributed by atoms with Crippen LogP contribution in [0.5, 0.6) is 0 Å². The van der Waals surface area contributed by atoms with Crippen LogP contribution in [0, 0.1) is 0 Å². The van der Waals surface area contributed by atoms with Gasteiger partial charge in [-0.05, 0) is 6.92 Å². The Morgan fingerprint density at radius 2 is 0.919 bits per heavy atom. The van der Waals surface area contributed by atoms with Crippen LogP contribution in [0.3, 0.4) is 0 Å². The molecule has 5 rings (SSSR count). The number of carbonyl (C=O) groups is 1. The highest BCUT2D eigenvalue weighted by Gasteiger charge is 2.31. The summed E-state index contributed by atoms with van der Waals surface area (Å²) in [7, 11) is 1.38. The van der Waals surface area contributed by atoms with Gasteiger partial charge in [0.05, 0.1) is 12.7 Å². The van der Waals surface area contributed by atoms with Crippen LogP contribution in [0.1, 0.15) is 17.3 Å². The molecule has 37 heavy (non-hydrogen) atoms. The highest BCUT2D eigenvalue weighted by atomic mass is 16.5. The van der Waals surface area contributed by atoms with Crippen LogP contribution in [-0.2, 0) is 11.3 Å². The third-order valence-electron chi connectivity index (χ3n) is 6.88. The van der Waals surface area contributed by atoms with Crippen LogP contribution in [-0.4, -0.2) is 19.2 Å². The third kappa shape index (κ3) is 5.70. The topological polar surface area (TPSA) is 30.2 Å². The fraction of sp³-hybridized carbons (Fsp3) is 0.0909. The lowest BCUT2D eigenvalue weighted by atomic mass is 9.13. The molecule has 0 atom stereocenters. The molecule has 0 radical (unpaired) electrons. The van der Waals surface area contributed by atoms with Crippen molar-refractivity contribution < 1.29 is 14.1 Å². The lowest BCUT2D eigenvalue weighted by Gasteiger charge is -2.44. The standard InChI is InChI=1S/C24H20B.C9H12NO2/c1-5-13-21(14-6-1)25(22-15-7-2-8-16-22,23-17-9-3-10-18-23)24-19-11-4-12-20-24;1-3-10-6-4-8(5-7-10)9(11)12-2/h1-20H;4-7H,3H2,1-2H3/q-1;+1. The third-order valence-corrected chi connectivity index (χ3v) is 6.88. The van der Waals surface area contributed by atoms with E-state index in [2.05, 4.69) is 126 Å². The van der Waals surface area contributed by atoms with E-state index in [0.29, 0.717) is 5.56 Å². The minimum atomic E-state index is -1.22. The highest BCUT2D eigenvalue weighted by Crippen LogP contribution is 2.09. The molecule has 0 bridgehead atoms. The van der Waals surface area contributed by atoms with Gasteiger partial charge in [0.2, 0.25) is 0 Å². The number of benzene rings is 4. The van der Waals surface area contributed by atoms with Crippen LogP contribution < -0.4 is 26.4 Å². The Morgan fingerprint density at radius 1 is 0.595 bits per heavy atom. The first-order chi connectivity index (χ1) is 18.2. The maximum absolute atomic E-state index is 11.0. The van der Waals surface area contributed by atoms with Crippen molar-refractivity contribution in [1.82, 2.24) is 0 Å². The normalized spacial score (nSPS) is 10.6. The number of carbonyl (C=O) groups excluding carboxylic acids is 1. The Labute approximate surface area is 219 Å². The highest BCUT2D eigenvalue weighted by molar-refractivity contribution is 7.19. The summed E-state index contributed by atoms with van der Waals surface area (Å²) in [5, 5.41) is 0. The first-order valence-electron chi connectivity index (χ1n) is 12.6. The lowest BCUT2D eigenvalue weighted by molar-refractivity contribution is -0.693. The van der Waals surface area contributed by atoms with E-state index < -0.39 is 6.15 Å². The average Bonchev–Trinajstić information content (AvgIpc) is 3.00. The molecule has 0 fully saturated rings. The van der Waals surface area contributed by atoms with Gasteiger partial charge in [-0.15, -0.1) is 0 Å². The van der Waals surface area contributed by atoms with Crippen molar-refractivity contribution in [3.05, 3.63) is 151 Å². The molecular formula is C33H32BNO2. The molecule has 0 saturated carbocycles. The summed E-state index contributed by atoms with van der Waals surface area (Å²) in [5.74, 6) is -0.293. The van der Waals surface area contributed by atoms with E-state index in [4.69, 9.17) is 0 Å². The quantitative estimate of drug-likeness (QED) is 0.208. The predicted octanol–water partition coefficient (Wildman–Crippen LogP) is 3.84. The fourth-order valence-corrected chi connectivity index (χ4v) is 5.04. The minimum absolute atomic E-state index is 0.293. The first-order valence-corrected chi connectivity index (χ1v) is 12.6. The first kappa shape index (κ1) is 25.7. The Balaban J connectivity index is 0.000000225. The van der Waals surface area contributed by atoms with Crippen molar-refractivity contribution in [2.45, 2.75) is 13.5 Å². The summed E-state index contributed by atoms with van der Waals surface area (Å²) in [5.41, 5.74) is 5.94. The van der Waals surface area contributed by atoms with Crippen molar-refractivity contribution in [3.63, 3.8) is 0 Å². The van der Waals surface area contributed by atoms with E-state index in [9.17, 15) is 4.79 Å². The summed E-state index contributed by atoms with van der Waals surface area (Å²) in [6, 6.07) is 47.0. The Hall–Kier alpha value is -4.44. The zero-order chi connectivity index (χ0) is 25.9. The molecule has 4 heteroatoms.